The van der Waals surface area contributed by atoms with Crippen molar-refractivity contribution >= 4 is 34.3 Å². The number of nitrogens with zero attached hydrogens (tertiary/aromatic N) is 3. The van der Waals surface area contributed by atoms with Crippen LogP contribution in [0.1, 0.15) is 0 Å². The predicted octanol–water partition coefficient (Wildman–Crippen LogP) is 3.70. The van der Waals surface area contributed by atoms with Gasteiger partial charge in [-0.3, -0.25) is 4.79 Å². The fourth-order valence-electron chi connectivity index (χ4n) is 3.00. The summed E-state index contributed by atoms with van der Waals surface area (Å²) >= 11 is 1.34. The first-order chi connectivity index (χ1) is 13.7. The Balaban J connectivity index is 1.47. The number of carbonyl (C=O) groups excluding carboxylic acids is 1. The Morgan fingerprint density at radius 1 is 1.18 bits per heavy atom. The van der Waals surface area contributed by atoms with Crippen LogP contribution in [-0.4, -0.2) is 38.5 Å². The maximum atomic E-state index is 12.3. The number of thioether (sulfide) groups is 1. The summed E-state index contributed by atoms with van der Waals surface area (Å²) in [5.41, 5.74) is 2.68. The number of rotatable bonds is 6. The van der Waals surface area contributed by atoms with Crippen LogP contribution in [0.25, 0.3) is 22.3 Å². The lowest BCUT2D eigenvalue weighted by Crippen LogP contribution is -2.15. The number of H-pyrrole nitrogens is 1. The molecule has 0 atom stereocenters. The zero-order chi connectivity index (χ0) is 19.5. The fraction of sp³-hybridized carbons (Fsp3) is 0.150. The number of methoxy groups -OCH3 is 1. The molecule has 8 heteroatoms. The predicted molar refractivity (Wildman–Crippen MR) is 111 cm³/mol. The molecule has 0 fully saturated rings. The molecule has 4 aromatic rings. The largest absolute Gasteiger partial charge is 0.495 e. The fourth-order valence-corrected chi connectivity index (χ4v) is 3.71. The van der Waals surface area contributed by atoms with Crippen LogP contribution in [0.4, 0.5) is 5.69 Å². The van der Waals surface area contributed by atoms with E-state index in [9.17, 15) is 4.79 Å². The molecule has 2 N–H and O–H groups in total. The molecule has 2 aromatic heterocycles. The van der Waals surface area contributed by atoms with Gasteiger partial charge < -0.3 is 19.6 Å². The van der Waals surface area contributed by atoms with Crippen LogP contribution in [0.2, 0.25) is 0 Å². The first-order valence-corrected chi connectivity index (χ1v) is 9.67. The number of hydrogen-bond donors (Lipinski definition) is 2. The summed E-state index contributed by atoms with van der Waals surface area (Å²) in [6.07, 6.45) is 1.93. The minimum absolute atomic E-state index is 0.133. The van der Waals surface area contributed by atoms with Gasteiger partial charge >= 0.3 is 0 Å². The smallest absolute Gasteiger partial charge is 0.234 e. The molecule has 142 valence electrons. The molecule has 2 heterocycles. The van der Waals surface area contributed by atoms with Crippen LogP contribution in [-0.2, 0) is 11.8 Å². The number of aromatic amines is 1. The third-order valence-corrected chi connectivity index (χ3v) is 5.40. The average Bonchev–Trinajstić information content (AvgIpc) is 3.30. The van der Waals surface area contributed by atoms with Crippen LogP contribution < -0.4 is 10.1 Å². The minimum Gasteiger partial charge on any atom is -0.495 e. The lowest BCUT2D eigenvalue weighted by molar-refractivity contribution is -0.113. The molecule has 0 saturated heterocycles. The number of amides is 1. The highest BCUT2D eigenvalue weighted by Gasteiger charge is 2.16. The van der Waals surface area contributed by atoms with E-state index in [1.807, 2.05) is 54.2 Å². The van der Waals surface area contributed by atoms with E-state index >= 15 is 0 Å². The summed E-state index contributed by atoms with van der Waals surface area (Å²) in [5.74, 6) is 1.47. The van der Waals surface area contributed by atoms with E-state index in [1.54, 1.807) is 19.2 Å². The van der Waals surface area contributed by atoms with Crippen molar-refractivity contribution in [2.45, 2.75) is 5.16 Å². The Morgan fingerprint density at radius 2 is 1.96 bits per heavy atom. The van der Waals surface area contributed by atoms with E-state index in [2.05, 4.69) is 20.5 Å². The van der Waals surface area contributed by atoms with Crippen molar-refractivity contribution in [2.24, 2.45) is 7.05 Å². The Morgan fingerprint density at radius 3 is 2.82 bits per heavy atom. The molecule has 0 saturated carbocycles. The quantitative estimate of drug-likeness (QED) is 0.488. The minimum atomic E-state index is -0.133. The Bertz CT molecular complexity index is 1130. The first-order valence-electron chi connectivity index (χ1n) is 8.69. The zero-order valence-electron chi connectivity index (χ0n) is 15.5. The van der Waals surface area contributed by atoms with Gasteiger partial charge in [-0.2, -0.15) is 0 Å². The van der Waals surface area contributed by atoms with Crippen LogP contribution in [0.5, 0.6) is 5.75 Å². The second-order valence-electron chi connectivity index (χ2n) is 6.15. The van der Waals surface area contributed by atoms with Crippen molar-refractivity contribution in [3.8, 4) is 17.1 Å². The lowest BCUT2D eigenvalue weighted by Gasteiger charge is -2.09. The number of anilines is 1. The summed E-state index contributed by atoms with van der Waals surface area (Å²) in [4.78, 5) is 15.6. The molecule has 2 aromatic carbocycles. The third-order valence-electron chi connectivity index (χ3n) is 4.38. The zero-order valence-corrected chi connectivity index (χ0v) is 16.3. The van der Waals surface area contributed by atoms with Gasteiger partial charge in [0.1, 0.15) is 5.75 Å². The molecule has 0 bridgehead atoms. The van der Waals surface area contributed by atoms with E-state index in [0.29, 0.717) is 16.6 Å². The highest BCUT2D eigenvalue weighted by Crippen LogP contribution is 2.29. The molecule has 0 aliphatic rings. The summed E-state index contributed by atoms with van der Waals surface area (Å²) in [7, 11) is 3.48. The summed E-state index contributed by atoms with van der Waals surface area (Å²) < 4.78 is 7.16. The number of ether oxygens (including phenoxy) is 1. The van der Waals surface area contributed by atoms with Gasteiger partial charge in [-0.15, -0.1) is 10.2 Å². The van der Waals surface area contributed by atoms with E-state index in [4.69, 9.17) is 4.74 Å². The number of nitrogens with one attached hydrogen (secondary N) is 2. The molecule has 0 spiro atoms. The van der Waals surface area contributed by atoms with Crippen molar-refractivity contribution in [1.82, 2.24) is 19.7 Å². The summed E-state index contributed by atoms with van der Waals surface area (Å²) in [6.45, 7) is 0. The molecule has 1 amide bonds. The highest BCUT2D eigenvalue weighted by molar-refractivity contribution is 7.99. The van der Waals surface area contributed by atoms with Crippen molar-refractivity contribution in [1.29, 1.82) is 0 Å². The van der Waals surface area contributed by atoms with Gasteiger partial charge in [0, 0.05) is 29.7 Å². The van der Waals surface area contributed by atoms with Crippen LogP contribution in [0, 0.1) is 0 Å². The normalized spacial score (nSPS) is 10.9. The Hall–Kier alpha value is -3.26. The first kappa shape index (κ1) is 18.1. The monoisotopic (exact) mass is 393 g/mol. The van der Waals surface area contributed by atoms with Gasteiger partial charge in [0.05, 0.1) is 18.6 Å². The van der Waals surface area contributed by atoms with Crippen molar-refractivity contribution < 1.29 is 9.53 Å². The second-order valence-corrected chi connectivity index (χ2v) is 7.09. The number of benzene rings is 2. The SMILES string of the molecule is COc1ccccc1NC(=O)CSc1nnc(-c2c[nH]c3ccccc23)n1C. The van der Waals surface area contributed by atoms with Gasteiger partial charge in [-0.25, -0.2) is 0 Å². The van der Waals surface area contributed by atoms with Gasteiger partial charge in [0.2, 0.25) is 5.91 Å². The van der Waals surface area contributed by atoms with Gasteiger partial charge in [0.15, 0.2) is 11.0 Å². The van der Waals surface area contributed by atoms with Gasteiger partial charge in [-0.05, 0) is 18.2 Å². The lowest BCUT2D eigenvalue weighted by atomic mass is 10.1. The standard InChI is InChI=1S/C20H19N5O2S/c1-25-19(14-11-21-15-8-4-3-7-13(14)15)23-24-20(25)28-12-18(26)22-16-9-5-6-10-17(16)27-2/h3-11,21H,12H2,1-2H3,(H,22,26). The molecule has 0 aliphatic heterocycles. The Labute approximate surface area is 166 Å². The maximum Gasteiger partial charge on any atom is 0.234 e. The number of para-hydroxylation sites is 3. The second kappa shape index (κ2) is 7.77. The molecule has 0 unspecified atom stereocenters. The number of fused-ring (bicyclic) bond motifs is 1. The van der Waals surface area contributed by atoms with Crippen molar-refractivity contribution in [3.05, 3.63) is 54.7 Å². The molecule has 28 heavy (non-hydrogen) atoms. The van der Waals surface area contributed by atoms with Crippen molar-refractivity contribution in [2.75, 3.05) is 18.2 Å². The molecule has 0 radical (unpaired) electrons. The third kappa shape index (κ3) is 3.46. The topological polar surface area (TPSA) is 84.8 Å². The van der Waals surface area contributed by atoms with E-state index in [-0.39, 0.29) is 11.7 Å². The summed E-state index contributed by atoms with van der Waals surface area (Å²) in [5, 5.41) is 13.2. The molecular formula is C20H19N5O2S. The molecular weight excluding hydrogens is 374 g/mol. The van der Waals surface area contributed by atoms with Crippen LogP contribution in [0.3, 0.4) is 0 Å². The van der Waals surface area contributed by atoms with Gasteiger partial charge in [-0.1, -0.05) is 42.1 Å². The van der Waals surface area contributed by atoms with E-state index in [0.717, 1.165) is 22.3 Å². The molecule has 0 aliphatic carbocycles. The summed E-state index contributed by atoms with van der Waals surface area (Å²) in [6, 6.07) is 15.4. The molecule has 4 rings (SSSR count). The number of hydrogen-bond acceptors (Lipinski definition) is 5. The van der Waals surface area contributed by atoms with E-state index in [1.165, 1.54) is 11.8 Å². The number of aromatic nitrogens is 4. The van der Waals surface area contributed by atoms with Gasteiger partial charge in [0.25, 0.3) is 0 Å². The number of carbonyl (C=O) groups is 1. The maximum absolute atomic E-state index is 12.3. The molecule has 7 nitrogen and oxygen atoms in total. The van der Waals surface area contributed by atoms with Crippen LogP contribution in [0.15, 0.2) is 59.9 Å². The van der Waals surface area contributed by atoms with E-state index < -0.39 is 0 Å². The van der Waals surface area contributed by atoms with Crippen LogP contribution >= 0.6 is 11.8 Å². The average molecular weight is 393 g/mol. The Kier molecular flexibility index (Phi) is 5.03. The highest BCUT2D eigenvalue weighted by atomic mass is 32.2. The van der Waals surface area contributed by atoms with Crippen molar-refractivity contribution in [3.63, 3.8) is 0 Å².